The van der Waals surface area contributed by atoms with E-state index in [0.717, 1.165) is 24.2 Å². The van der Waals surface area contributed by atoms with Gasteiger partial charge >= 0.3 is 0 Å². The fraction of sp³-hybridized carbons (Fsp3) is 0.500. The van der Waals surface area contributed by atoms with Crippen LogP contribution in [0.2, 0.25) is 0 Å². The van der Waals surface area contributed by atoms with Gasteiger partial charge in [0, 0.05) is 6.54 Å². The summed E-state index contributed by atoms with van der Waals surface area (Å²) in [4.78, 5) is 13.7. The van der Waals surface area contributed by atoms with Crippen molar-refractivity contribution < 1.29 is 9.53 Å². The topological polar surface area (TPSA) is 67.6 Å². The number of hydrazine groups is 1. The van der Waals surface area contributed by atoms with Crippen LogP contribution in [0.25, 0.3) is 0 Å². The van der Waals surface area contributed by atoms with Gasteiger partial charge in [0.25, 0.3) is 5.91 Å². The number of nitrogens with one attached hydrogen (secondary N) is 1. The molecule has 1 unspecified atom stereocenters. The minimum absolute atomic E-state index is 0.141. The van der Waals surface area contributed by atoms with E-state index in [1.165, 1.54) is 0 Å². The lowest BCUT2D eigenvalue weighted by molar-refractivity contribution is -0.126. The van der Waals surface area contributed by atoms with E-state index in [1.807, 2.05) is 36.2 Å². The Hall–Kier alpha value is -1.59. The van der Waals surface area contributed by atoms with Gasteiger partial charge in [-0.25, -0.2) is 5.84 Å². The van der Waals surface area contributed by atoms with E-state index in [2.05, 4.69) is 12.3 Å². The molecule has 5 heteroatoms. The molecule has 1 rings (SSSR count). The van der Waals surface area contributed by atoms with Crippen LogP contribution < -0.4 is 16.0 Å². The zero-order valence-corrected chi connectivity index (χ0v) is 11.8. The van der Waals surface area contributed by atoms with Crippen LogP contribution in [0.1, 0.15) is 25.3 Å². The molecule has 0 aromatic heterocycles. The average molecular weight is 265 g/mol. The number of nitrogens with two attached hydrogens (primary N) is 1. The molecule has 0 aliphatic carbocycles. The molecule has 0 saturated heterocycles. The quantitative estimate of drug-likeness (QED) is 0.443. The second-order valence-corrected chi connectivity index (χ2v) is 4.58. The zero-order valence-electron chi connectivity index (χ0n) is 11.8. The molecule has 0 saturated carbocycles. The van der Waals surface area contributed by atoms with Crippen molar-refractivity contribution in [1.82, 2.24) is 10.3 Å². The van der Waals surface area contributed by atoms with Crippen LogP contribution in [0.3, 0.4) is 0 Å². The first-order chi connectivity index (χ1) is 9.12. The standard InChI is InChI=1S/C14H23N3O2/c1-4-5-13(14(18)16-15)17(2)10-11-6-8-12(19-3)9-7-11/h6-9,13H,4-5,10,15H2,1-3H3,(H,16,18). The maximum atomic E-state index is 11.7. The summed E-state index contributed by atoms with van der Waals surface area (Å²) in [6.07, 6.45) is 1.72. The van der Waals surface area contributed by atoms with E-state index in [9.17, 15) is 4.79 Å². The molecule has 1 aromatic rings. The lowest BCUT2D eigenvalue weighted by atomic mass is 10.1. The van der Waals surface area contributed by atoms with Crippen molar-refractivity contribution in [2.45, 2.75) is 32.4 Å². The molecule has 1 atom stereocenters. The maximum Gasteiger partial charge on any atom is 0.251 e. The van der Waals surface area contributed by atoms with E-state index < -0.39 is 0 Å². The Balaban J connectivity index is 2.68. The second-order valence-electron chi connectivity index (χ2n) is 4.58. The SMILES string of the molecule is CCCC(C(=O)NN)N(C)Cc1ccc(OC)cc1. The lowest BCUT2D eigenvalue weighted by Gasteiger charge is -2.26. The van der Waals surface area contributed by atoms with E-state index in [0.29, 0.717) is 6.54 Å². The van der Waals surface area contributed by atoms with Crippen LogP contribution >= 0.6 is 0 Å². The van der Waals surface area contributed by atoms with Crippen LogP contribution in [-0.4, -0.2) is 31.0 Å². The Bertz CT molecular complexity index is 392. The largest absolute Gasteiger partial charge is 0.497 e. The van der Waals surface area contributed by atoms with Gasteiger partial charge in [0.05, 0.1) is 13.2 Å². The predicted molar refractivity (Wildman–Crippen MR) is 75.5 cm³/mol. The van der Waals surface area contributed by atoms with Gasteiger partial charge < -0.3 is 4.74 Å². The number of ether oxygens (including phenoxy) is 1. The molecule has 1 aromatic carbocycles. The van der Waals surface area contributed by atoms with Crippen LogP contribution in [0.4, 0.5) is 0 Å². The average Bonchev–Trinajstić information content (AvgIpc) is 2.44. The molecule has 3 N–H and O–H groups in total. The third-order valence-corrected chi connectivity index (χ3v) is 3.13. The van der Waals surface area contributed by atoms with Crippen molar-refractivity contribution >= 4 is 5.91 Å². The summed E-state index contributed by atoms with van der Waals surface area (Å²) >= 11 is 0. The zero-order chi connectivity index (χ0) is 14.3. The van der Waals surface area contributed by atoms with Crippen molar-refractivity contribution in [3.8, 4) is 5.75 Å². The molecular formula is C14H23N3O2. The van der Waals surface area contributed by atoms with Gasteiger partial charge in [-0.1, -0.05) is 25.5 Å². The van der Waals surface area contributed by atoms with Gasteiger partial charge in [0.1, 0.15) is 5.75 Å². The fourth-order valence-electron chi connectivity index (χ4n) is 2.05. The number of hydrogen-bond acceptors (Lipinski definition) is 4. The molecule has 0 fully saturated rings. The summed E-state index contributed by atoms with van der Waals surface area (Å²) in [5.74, 6) is 5.92. The van der Waals surface area contributed by atoms with Crippen molar-refractivity contribution in [3.63, 3.8) is 0 Å². The van der Waals surface area contributed by atoms with Crippen LogP contribution in [0.15, 0.2) is 24.3 Å². The number of amides is 1. The van der Waals surface area contributed by atoms with Crippen LogP contribution in [0.5, 0.6) is 5.75 Å². The molecule has 0 radical (unpaired) electrons. The van der Waals surface area contributed by atoms with E-state index >= 15 is 0 Å². The van der Waals surface area contributed by atoms with Gasteiger partial charge in [-0.3, -0.25) is 15.1 Å². The highest BCUT2D eigenvalue weighted by Crippen LogP contribution is 2.15. The van der Waals surface area contributed by atoms with Gasteiger partial charge in [-0.2, -0.15) is 0 Å². The highest BCUT2D eigenvalue weighted by atomic mass is 16.5. The van der Waals surface area contributed by atoms with Gasteiger partial charge in [-0.15, -0.1) is 0 Å². The summed E-state index contributed by atoms with van der Waals surface area (Å²) in [6, 6.07) is 7.64. The summed E-state index contributed by atoms with van der Waals surface area (Å²) in [5, 5.41) is 0. The van der Waals surface area contributed by atoms with Gasteiger partial charge in [0.2, 0.25) is 0 Å². The van der Waals surface area contributed by atoms with Crippen molar-refractivity contribution in [2.24, 2.45) is 5.84 Å². The number of hydrogen-bond donors (Lipinski definition) is 2. The second kappa shape index (κ2) is 7.76. The summed E-state index contributed by atoms with van der Waals surface area (Å²) in [6.45, 7) is 2.75. The van der Waals surface area contributed by atoms with E-state index in [1.54, 1.807) is 7.11 Å². The smallest absolute Gasteiger partial charge is 0.251 e. The van der Waals surface area contributed by atoms with Crippen molar-refractivity contribution in [3.05, 3.63) is 29.8 Å². The first-order valence-electron chi connectivity index (χ1n) is 6.46. The van der Waals surface area contributed by atoms with Gasteiger partial charge in [-0.05, 0) is 31.2 Å². The minimum Gasteiger partial charge on any atom is -0.497 e. The molecule has 5 nitrogen and oxygen atoms in total. The molecule has 106 valence electrons. The summed E-state index contributed by atoms with van der Waals surface area (Å²) in [7, 11) is 3.57. The third kappa shape index (κ3) is 4.54. The highest BCUT2D eigenvalue weighted by molar-refractivity contribution is 5.81. The number of methoxy groups -OCH3 is 1. The number of likely N-dealkylation sites (N-methyl/N-ethyl adjacent to an activating group) is 1. The Morgan fingerprint density at radius 3 is 2.53 bits per heavy atom. The third-order valence-electron chi connectivity index (χ3n) is 3.13. The molecular weight excluding hydrogens is 242 g/mol. The molecule has 1 amide bonds. The number of benzene rings is 1. The van der Waals surface area contributed by atoms with Crippen molar-refractivity contribution in [2.75, 3.05) is 14.2 Å². The van der Waals surface area contributed by atoms with E-state index in [-0.39, 0.29) is 11.9 Å². The lowest BCUT2D eigenvalue weighted by Crippen LogP contribution is -2.47. The molecule has 0 aliphatic heterocycles. The summed E-state index contributed by atoms with van der Waals surface area (Å²) in [5.41, 5.74) is 3.37. The monoisotopic (exact) mass is 265 g/mol. The summed E-state index contributed by atoms with van der Waals surface area (Å²) < 4.78 is 5.12. The fourth-order valence-corrected chi connectivity index (χ4v) is 2.05. The van der Waals surface area contributed by atoms with Crippen LogP contribution in [-0.2, 0) is 11.3 Å². The number of nitrogens with zero attached hydrogens (tertiary/aromatic N) is 1. The normalized spacial score (nSPS) is 12.3. The molecule has 0 heterocycles. The Morgan fingerprint density at radius 1 is 1.42 bits per heavy atom. The minimum atomic E-state index is -0.197. The Morgan fingerprint density at radius 2 is 2.05 bits per heavy atom. The number of rotatable bonds is 7. The number of carbonyl (C=O) groups is 1. The molecule has 0 bridgehead atoms. The molecule has 0 spiro atoms. The molecule has 19 heavy (non-hydrogen) atoms. The van der Waals surface area contributed by atoms with Crippen molar-refractivity contribution in [1.29, 1.82) is 0 Å². The highest BCUT2D eigenvalue weighted by Gasteiger charge is 2.21. The van der Waals surface area contributed by atoms with Gasteiger partial charge in [0.15, 0.2) is 0 Å². The van der Waals surface area contributed by atoms with E-state index in [4.69, 9.17) is 10.6 Å². The number of carbonyl (C=O) groups excluding carboxylic acids is 1. The maximum absolute atomic E-state index is 11.7. The Kier molecular flexibility index (Phi) is 6.32. The molecule has 0 aliphatic rings. The van der Waals surface area contributed by atoms with Crippen LogP contribution in [0, 0.1) is 0 Å². The first kappa shape index (κ1) is 15.5. The predicted octanol–water partition coefficient (Wildman–Crippen LogP) is 1.29. The first-order valence-corrected chi connectivity index (χ1v) is 6.46. The Labute approximate surface area is 114 Å².